The number of alkyl halides is 4. The lowest BCUT2D eigenvalue weighted by Crippen LogP contribution is -2.53. The first kappa shape index (κ1) is 24.6. The van der Waals surface area contributed by atoms with Gasteiger partial charge in [-0.3, -0.25) is 4.79 Å². The number of nitrogens with one attached hydrogen (secondary N) is 1. The molecule has 2 aromatic carbocycles. The maximum Gasteiger partial charge on any atom is 0.423 e. The van der Waals surface area contributed by atoms with Crippen LogP contribution in [0.5, 0.6) is 0 Å². The number of sulfonamides is 1. The highest BCUT2D eigenvalue weighted by Gasteiger charge is 2.62. The molecule has 0 unspecified atom stereocenters. The van der Waals surface area contributed by atoms with Gasteiger partial charge in [0.2, 0.25) is 22.1 Å². The van der Waals surface area contributed by atoms with Gasteiger partial charge in [0, 0.05) is 18.0 Å². The molecule has 0 bridgehead atoms. The second kappa shape index (κ2) is 8.94. The van der Waals surface area contributed by atoms with Crippen LogP contribution >= 0.6 is 0 Å². The molecule has 2 aliphatic rings. The van der Waals surface area contributed by atoms with Gasteiger partial charge < -0.3 is 10.0 Å². The van der Waals surface area contributed by atoms with Crippen LogP contribution < -0.4 is 4.72 Å². The van der Waals surface area contributed by atoms with E-state index in [9.17, 15) is 35.9 Å². The Balaban J connectivity index is 1.69. The molecule has 1 aliphatic heterocycles. The topological polar surface area (TPSA) is 86.7 Å². The quantitative estimate of drug-likeness (QED) is 0.573. The number of halogens is 4. The Morgan fingerprint density at radius 3 is 2.35 bits per heavy atom. The van der Waals surface area contributed by atoms with Crippen molar-refractivity contribution in [3.8, 4) is 11.1 Å². The third-order valence-electron chi connectivity index (χ3n) is 6.58. The third kappa shape index (κ3) is 4.96. The van der Waals surface area contributed by atoms with Crippen molar-refractivity contribution in [2.24, 2.45) is 5.41 Å². The Bertz CT molecular complexity index is 1150. The minimum absolute atomic E-state index is 0.0260. The second-order valence-electron chi connectivity index (χ2n) is 8.93. The summed E-state index contributed by atoms with van der Waals surface area (Å²) in [6.07, 6.45) is -7.42. The Kier molecular flexibility index (Phi) is 6.47. The zero-order valence-corrected chi connectivity index (χ0v) is 18.8. The number of aliphatic hydroxyl groups excluding tert-OH is 1. The molecule has 3 atom stereocenters. The molecule has 34 heavy (non-hydrogen) atoms. The fourth-order valence-electron chi connectivity index (χ4n) is 4.72. The minimum Gasteiger partial charge on any atom is -0.376 e. The number of amides is 1. The summed E-state index contributed by atoms with van der Waals surface area (Å²) in [7, 11) is -4.35. The second-order valence-corrected chi connectivity index (χ2v) is 10.6. The van der Waals surface area contributed by atoms with E-state index in [0.29, 0.717) is 18.4 Å². The lowest BCUT2D eigenvalue weighted by Gasteiger charge is -2.31. The standard InChI is InChI=1S/C23H24F4N2O4S/c24-14-34(32,33)28-19-18(12-15-5-4-8-17(11-15)16-6-2-1-3-7-16)29(13-22(19)9-10-22)21(31)20(30)23(25,26)27/h1-8,11,18-20,28,30H,9-10,12-14H2/t18-,19+,20-/m0/s1. The molecule has 184 valence electrons. The van der Waals surface area contributed by atoms with Gasteiger partial charge >= 0.3 is 6.18 Å². The largest absolute Gasteiger partial charge is 0.423 e. The Morgan fingerprint density at radius 2 is 1.76 bits per heavy atom. The van der Waals surface area contributed by atoms with Crippen molar-refractivity contribution < 1.29 is 35.9 Å². The minimum atomic E-state index is -5.16. The van der Waals surface area contributed by atoms with E-state index in [2.05, 4.69) is 4.72 Å². The number of hydrogen-bond acceptors (Lipinski definition) is 4. The summed E-state index contributed by atoms with van der Waals surface area (Å²) in [6, 6.07) is 12.8. The van der Waals surface area contributed by atoms with E-state index in [4.69, 9.17) is 0 Å². The number of likely N-dealkylation sites (tertiary alicyclic amines) is 1. The molecule has 1 heterocycles. The molecule has 1 amide bonds. The van der Waals surface area contributed by atoms with Crippen molar-refractivity contribution in [3.05, 3.63) is 60.2 Å². The average Bonchev–Trinajstić information content (AvgIpc) is 3.54. The zero-order chi connectivity index (χ0) is 24.7. The van der Waals surface area contributed by atoms with Crippen molar-refractivity contribution in [2.45, 2.75) is 43.6 Å². The first-order valence-electron chi connectivity index (χ1n) is 10.7. The van der Waals surface area contributed by atoms with Crippen molar-refractivity contribution in [2.75, 3.05) is 12.6 Å². The van der Waals surface area contributed by atoms with Crippen LogP contribution in [0.2, 0.25) is 0 Å². The van der Waals surface area contributed by atoms with Gasteiger partial charge in [-0.2, -0.15) is 13.2 Å². The maximum absolute atomic E-state index is 13.1. The number of carbonyl (C=O) groups excluding carboxylic acids is 1. The average molecular weight is 501 g/mol. The molecule has 1 spiro atoms. The summed E-state index contributed by atoms with van der Waals surface area (Å²) >= 11 is 0. The predicted octanol–water partition coefficient (Wildman–Crippen LogP) is 3.03. The molecule has 2 fully saturated rings. The first-order chi connectivity index (χ1) is 16.0. The predicted molar refractivity (Wildman–Crippen MR) is 117 cm³/mol. The lowest BCUT2D eigenvalue weighted by molar-refractivity contribution is -0.211. The molecule has 1 saturated heterocycles. The summed E-state index contributed by atoms with van der Waals surface area (Å²) in [5, 5.41) is 9.63. The van der Waals surface area contributed by atoms with Gasteiger partial charge in [-0.15, -0.1) is 0 Å². The third-order valence-corrected chi connectivity index (χ3v) is 7.48. The molecule has 1 aliphatic carbocycles. The highest BCUT2D eigenvalue weighted by atomic mass is 32.2. The van der Waals surface area contributed by atoms with Crippen LogP contribution in [0.4, 0.5) is 17.6 Å². The van der Waals surface area contributed by atoms with E-state index < -0.39 is 51.7 Å². The van der Waals surface area contributed by atoms with Crippen molar-refractivity contribution >= 4 is 15.9 Å². The number of nitrogens with zero attached hydrogens (tertiary/aromatic N) is 1. The highest BCUT2D eigenvalue weighted by Crippen LogP contribution is 2.55. The lowest BCUT2D eigenvalue weighted by atomic mass is 9.91. The smallest absolute Gasteiger partial charge is 0.376 e. The molecule has 1 saturated carbocycles. The van der Waals surface area contributed by atoms with Crippen LogP contribution in [-0.2, 0) is 21.2 Å². The van der Waals surface area contributed by atoms with E-state index in [1.54, 1.807) is 12.1 Å². The number of benzene rings is 2. The molecule has 2 N–H and O–H groups in total. The summed E-state index contributed by atoms with van der Waals surface area (Å²) in [6.45, 7) is -0.151. The fourth-order valence-corrected chi connectivity index (χ4v) is 5.57. The first-order valence-corrected chi connectivity index (χ1v) is 12.4. The molecular weight excluding hydrogens is 476 g/mol. The number of rotatable bonds is 7. The summed E-state index contributed by atoms with van der Waals surface area (Å²) in [5.41, 5.74) is 1.62. The van der Waals surface area contributed by atoms with E-state index in [0.717, 1.165) is 16.0 Å². The van der Waals surface area contributed by atoms with Gasteiger partial charge in [0.1, 0.15) is 0 Å². The summed E-state index contributed by atoms with van der Waals surface area (Å²) in [5.74, 6) is -1.54. The van der Waals surface area contributed by atoms with Gasteiger partial charge in [0.05, 0.1) is 6.04 Å². The van der Waals surface area contributed by atoms with Crippen LogP contribution in [0.1, 0.15) is 18.4 Å². The maximum atomic E-state index is 13.1. The van der Waals surface area contributed by atoms with Crippen LogP contribution in [0, 0.1) is 5.41 Å². The molecular formula is C23H24F4N2O4S. The molecule has 4 rings (SSSR count). The van der Waals surface area contributed by atoms with E-state index >= 15 is 0 Å². The number of aliphatic hydroxyl groups is 1. The van der Waals surface area contributed by atoms with Crippen LogP contribution in [0.15, 0.2) is 54.6 Å². The monoisotopic (exact) mass is 500 g/mol. The number of hydrogen-bond donors (Lipinski definition) is 2. The highest BCUT2D eigenvalue weighted by molar-refractivity contribution is 7.89. The van der Waals surface area contributed by atoms with Gasteiger partial charge in [0.15, 0.2) is 0 Å². The van der Waals surface area contributed by atoms with Crippen LogP contribution in [-0.4, -0.2) is 61.2 Å². The summed E-state index contributed by atoms with van der Waals surface area (Å²) < 4.78 is 78.9. The van der Waals surface area contributed by atoms with Crippen molar-refractivity contribution in [1.29, 1.82) is 0 Å². The number of carbonyl (C=O) groups is 1. The molecule has 6 nitrogen and oxygen atoms in total. The normalized spacial score (nSPS) is 22.7. The van der Waals surface area contributed by atoms with Crippen LogP contribution in [0.3, 0.4) is 0 Å². The van der Waals surface area contributed by atoms with Gasteiger partial charge in [-0.1, -0.05) is 54.6 Å². The van der Waals surface area contributed by atoms with Gasteiger partial charge in [-0.05, 0) is 36.0 Å². The van der Waals surface area contributed by atoms with E-state index in [1.165, 1.54) is 0 Å². The van der Waals surface area contributed by atoms with E-state index in [-0.39, 0.29) is 13.0 Å². The Labute approximate surface area is 194 Å². The summed E-state index contributed by atoms with van der Waals surface area (Å²) in [4.78, 5) is 13.6. The SMILES string of the molecule is O=C([C@H](O)C(F)(F)F)N1CC2(CC2)[C@H](NS(=O)(=O)CF)[C@@H]1Cc1cccc(-c2ccccc2)c1. The van der Waals surface area contributed by atoms with Crippen molar-refractivity contribution in [3.63, 3.8) is 0 Å². The Morgan fingerprint density at radius 1 is 1.12 bits per heavy atom. The van der Waals surface area contributed by atoms with Crippen molar-refractivity contribution in [1.82, 2.24) is 9.62 Å². The van der Waals surface area contributed by atoms with Gasteiger partial charge in [0.25, 0.3) is 5.91 Å². The fraction of sp³-hybridized carbons (Fsp3) is 0.435. The molecule has 11 heteroatoms. The molecule has 2 aromatic rings. The van der Waals surface area contributed by atoms with Gasteiger partial charge in [-0.25, -0.2) is 17.5 Å². The Hall–Kier alpha value is -2.50. The zero-order valence-electron chi connectivity index (χ0n) is 18.0. The van der Waals surface area contributed by atoms with E-state index in [1.807, 2.05) is 42.5 Å². The molecule has 0 radical (unpaired) electrons. The molecule has 0 aromatic heterocycles. The van der Waals surface area contributed by atoms with Crippen LogP contribution in [0.25, 0.3) is 11.1 Å².